The van der Waals surface area contributed by atoms with Crippen LogP contribution in [0.2, 0.25) is 10.0 Å². The highest BCUT2D eigenvalue weighted by atomic mass is 35.5. The molecule has 5 nitrogen and oxygen atoms in total. The van der Waals surface area contributed by atoms with Crippen LogP contribution in [0.15, 0.2) is 18.2 Å². The Hall–Kier alpha value is -1.30. The summed E-state index contributed by atoms with van der Waals surface area (Å²) < 4.78 is 0. The average Bonchev–Trinajstić information content (AvgIpc) is 2.95. The molecule has 0 radical (unpaired) electrons. The highest BCUT2D eigenvalue weighted by Gasteiger charge is 2.35. The number of benzene rings is 1. The van der Waals surface area contributed by atoms with Crippen LogP contribution >= 0.6 is 23.2 Å². The number of hydrogen-bond donors (Lipinski definition) is 2. The maximum atomic E-state index is 12.7. The third-order valence-electron chi connectivity index (χ3n) is 3.88. The minimum Gasteiger partial charge on any atom is -0.396 e. The van der Waals surface area contributed by atoms with E-state index < -0.39 is 6.04 Å². The second-order valence-electron chi connectivity index (χ2n) is 5.74. The first-order valence-electron chi connectivity index (χ1n) is 7.60. The summed E-state index contributed by atoms with van der Waals surface area (Å²) in [4.78, 5) is 26.6. The third-order valence-corrected chi connectivity index (χ3v) is 4.31. The molecular formula is C16H20Cl2N2O3. The molecule has 0 bridgehead atoms. The molecule has 7 heteroatoms. The Bertz CT molecular complexity index is 574. The average molecular weight is 359 g/mol. The van der Waals surface area contributed by atoms with E-state index >= 15 is 0 Å². The van der Waals surface area contributed by atoms with E-state index in [2.05, 4.69) is 5.32 Å². The quantitative estimate of drug-likeness (QED) is 0.849. The lowest BCUT2D eigenvalue weighted by atomic mass is 10.1. The van der Waals surface area contributed by atoms with Crippen molar-refractivity contribution in [2.45, 2.75) is 38.3 Å². The molecule has 1 fully saturated rings. The maximum absolute atomic E-state index is 12.7. The van der Waals surface area contributed by atoms with E-state index in [1.165, 1.54) is 0 Å². The van der Waals surface area contributed by atoms with Crippen LogP contribution in [0.25, 0.3) is 0 Å². The predicted octanol–water partition coefficient (Wildman–Crippen LogP) is 2.49. The van der Waals surface area contributed by atoms with Crippen LogP contribution in [0.5, 0.6) is 0 Å². The molecule has 0 unspecified atom stereocenters. The summed E-state index contributed by atoms with van der Waals surface area (Å²) in [6.45, 7) is 2.36. The Morgan fingerprint density at radius 3 is 2.61 bits per heavy atom. The molecule has 2 atom stereocenters. The van der Waals surface area contributed by atoms with Crippen LogP contribution in [0, 0.1) is 0 Å². The largest absolute Gasteiger partial charge is 0.396 e. The third kappa shape index (κ3) is 4.59. The summed E-state index contributed by atoms with van der Waals surface area (Å²) in [5, 5.41) is 12.5. The number of halogens is 2. The van der Waals surface area contributed by atoms with Crippen LogP contribution in [0.4, 0.5) is 0 Å². The van der Waals surface area contributed by atoms with Gasteiger partial charge in [-0.25, -0.2) is 0 Å². The van der Waals surface area contributed by atoms with Crippen molar-refractivity contribution in [2.24, 2.45) is 0 Å². The number of aliphatic hydroxyl groups is 1. The molecule has 1 aromatic carbocycles. The van der Waals surface area contributed by atoms with E-state index in [-0.39, 0.29) is 24.5 Å². The van der Waals surface area contributed by atoms with Gasteiger partial charge in [0.1, 0.15) is 6.04 Å². The van der Waals surface area contributed by atoms with Crippen LogP contribution < -0.4 is 5.32 Å². The van der Waals surface area contributed by atoms with Gasteiger partial charge in [-0.2, -0.15) is 0 Å². The molecule has 0 aliphatic carbocycles. The zero-order chi connectivity index (χ0) is 17.0. The normalized spacial score (nSPS) is 18.8. The van der Waals surface area contributed by atoms with Crippen molar-refractivity contribution in [2.75, 3.05) is 13.2 Å². The van der Waals surface area contributed by atoms with Gasteiger partial charge in [-0.1, -0.05) is 23.2 Å². The lowest BCUT2D eigenvalue weighted by molar-refractivity contribution is -0.125. The number of likely N-dealkylation sites (tertiary alicyclic amines) is 1. The van der Waals surface area contributed by atoms with Gasteiger partial charge in [-0.3, -0.25) is 9.59 Å². The lowest BCUT2D eigenvalue weighted by Gasteiger charge is -2.25. The van der Waals surface area contributed by atoms with Gasteiger partial charge >= 0.3 is 0 Å². The zero-order valence-corrected chi connectivity index (χ0v) is 14.4. The maximum Gasteiger partial charge on any atom is 0.254 e. The van der Waals surface area contributed by atoms with Crippen molar-refractivity contribution in [1.29, 1.82) is 0 Å². The van der Waals surface area contributed by atoms with Crippen LogP contribution in [-0.2, 0) is 4.79 Å². The van der Waals surface area contributed by atoms with Gasteiger partial charge in [0, 0.05) is 34.8 Å². The molecule has 1 aliphatic heterocycles. The number of rotatable bonds is 5. The van der Waals surface area contributed by atoms with Gasteiger partial charge in [-0.05, 0) is 44.4 Å². The number of hydrogen-bond acceptors (Lipinski definition) is 3. The number of nitrogens with one attached hydrogen (secondary N) is 1. The van der Waals surface area contributed by atoms with Crippen LogP contribution in [0.3, 0.4) is 0 Å². The van der Waals surface area contributed by atoms with Crippen LogP contribution in [0.1, 0.15) is 36.5 Å². The summed E-state index contributed by atoms with van der Waals surface area (Å²) >= 11 is 11.9. The van der Waals surface area contributed by atoms with Gasteiger partial charge < -0.3 is 15.3 Å². The Balaban J connectivity index is 2.11. The van der Waals surface area contributed by atoms with Gasteiger partial charge in [0.2, 0.25) is 5.91 Å². The highest BCUT2D eigenvalue weighted by Crippen LogP contribution is 2.24. The number of carbonyl (C=O) groups is 2. The minimum atomic E-state index is -0.499. The van der Waals surface area contributed by atoms with Crippen molar-refractivity contribution in [3.63, 3.8) is 0 Å². The Morgan fingerprint density at radius 1 is 1.35 bits per heavy atom. The fraction of sp³-hybridized carbons (Fsp3) is 0.500. The van der Waals surface area contributed by atoms with E-state index in [9.17, 15) is 9.59 Å². The Morgan fingerprint density at radius 2 is 2.00 bits per heavy atom. The molecule has 0 saturated carbocycles. The minimum absolute atomic E-state index is 0.00969. The van der Waals surface area contributed by atoms with E-state index in [1.54, 1.807) is 23.1 Å². The molecule has 2 rings (SSSR count). The van der Waals surface area contributed by atoms with E-state index in [1.807, 2.05) is 6.92 Å². The molecule has 126 valence electrons. The van der Waals surface area contributed by atoms with Crippen LogP contribution in [-0.4, -0.2) is 47.1 Å². The van der Waals surface area contributed by atoms with Gasteiger partial charge in [0.15, 0.2) is 0 Å². The van der Waals surface area contributed by atoms with Crippen molar-refractivity contribution < 1.29 is 14.7 Å². The number of aliphatic hydroxyl groups excluding tert-OH is 1. The molecule has 1 saturated heterocycles. The van der Waals surface area contributed by atoms with Gasteiger partial charge in [0.05, 0.1) is 0 Å². The van der Waals surface area contributed by atoms with Gasteiger partial charge in [0.25, 0.3) is 5.91 Å². The fourth-order valence-corrected chi connectivity index (χ4v) is 3.26. The molecular weight excluding hydrogens is 339 g/mol. The number of amides is 2. The summed E-state index contributed by atoms with van der Waals surface area (Å²) in [5.74, 6) is -0.438. The summed E-state index contributed by atoms with van der Waals surface area (Å²) in [5.41, 5.74) is 0.380. The highest BCUT2D eigenvalue weighted by molar-refractivity contribution is 6.35. The lowest BCUT2D eigenvalue weighted by Crippen LogP contribution is -2.48. The standard InChI is InChI=1S/C16H20Cl2N2O3/c1-10(4-6-21)19-15(22)14-3-2-5-20(14)16(23)11-7-12(17)9-13(18)8-11/h7-10,14,21H,2-6H2,1H3,(H,19,22)/t10-,14+/m1/s1. The Kier molecular flexibility index (Phi) is 6.27. The van der Waals surface area contributed by atoms with E-state index in [0.29, 0.717) is 35.0 Å². The van der Waals surface area contributed by atoms with Crippen molar-refractivity contribution in [3.8, 4) is 0 Å². The topological polar surface area (TPSA) is 69.6 Å². The summed E-state index contributed by atoms with van der Waals surface area (Å²) in [7, 11) is 0. The fourth-order valence-electron chi connectivity index (χ4n) is 2.73. The van der Waals surface area contributed by atoms with E-state index in [4.69, 9.17) is 28.3 Å². The van der Waals surface area contributed by atoms with Crippen molar-refractivity contribution >= 4 is 35.0 Å². The second kappa shape index (κ2) is 7.99. The predicted molar refractivity (Wildman–Crippen MR) is 89.8 cm³/mol. The zero-order valence-electron chi connectivity index (χ0n) is 12.9. The van der Waals surface area contributed by atoms with Gasteiger partial charge in [-0.15, -0.1) is 0 Å². The number of nitrogens with zero attached hydrogens (tertiary/aromatic N) is 1. The number of carbonyl (C=O) groups excluding carboxylic acids is 2. The molecule has 2 amide bonds. The first-order valence-corrected chi connectivity index (χ1v) is 8.36. The SMILES string of the molecule is C[C@H](CCO)NC(=O)[C@@H]1CCCN1C(=O)c1cc(Cl)cc(Cl)c1. The first-order chi connectivity index (χ1) is 10.9. The first kappa shape index (κ1) is 18.0. The summed E-state index contributed by atoms with van der Waals surface area (Å²) in [6.07, 6.45) is 1.88. The van der Waals surface area contributed by atoms with E-state index in [0.717, 1.165) is 6.42 Å². The monoisotopic (exact) mass is 358 g/mol. The molecule has 1 heterocycles. The Labute approximate surface area is 145 Å². The molecule has 2 N–H and O–H groups in total. The molecule has 0 spiro atoms. The summed E-state index contributed by atoms with van der Waals surface area (Å²) in [6, 6.07) is 4.03. The van der Waals surface area contributed by atoms with Crippen molar-refractivity contribution in [1.82, 2.24) is 10.2 Å². The van der Waals surface area contributed by atoms with Crippen molar-refractivity contribution in [3.05, 3.63) is 33.8 Å². The molecule has 1 aromatic rings. The molecule has 1 aliphatic rings. The molecule has 23 heavy (non-hydrogen) atoms. The second-order valence-corrected chi connectivity index (χ2v) is 6.61. The smallest absolute Gasteiger partial charge is 0.254 e. The molecule has 0 aromatic heterocycles.